The van der Waals surface area contributed by atoms with E-state index in [1.807, 2.05) is 18.2 Å². The Kier molecular flexibility index (Phi) is 4.76. The van der Waals surface area contributed by atoms with Gasteiger partial charge in [0.25, 0.3) is 0 Å². The van der Waals surface area contributed by atoms with Gasteiger partial charge in [-0.05, 0) is 6.42 Å². The van der Waals surface area contributed by atoms with Crippen LogP contribution >= 0.6 is 0 Å². The molecule has 4 rings (SSSR count). The molecule has 0 fully saturated rings. The van der Waals surface area contributed by atoms with Gasteiger partial charge in [-0.25, -0.2) is 4.98 Å². The standard InChI is InChI=1S/C21H23N5O/c1-2-3-12-21(24-25-21)13-11-20(27)22-17-9-10-19-23-18(15-26(19)14-17)16-7-5-4-6-8-16/h1,4-8,15,17H,3,9-14H2,(H,22,27). The first-order valence-electron chi connectivity index (χ1n) is 9.46. The number of rotatable bonds is 7. The van der Waals surface area contributed by atoms with Crippen molar-refractivity contribution in [2.45, 2.75) is 56.8 Å². The van der Waals surface area contributed by atoms with Crippen LogP contribution in [0.2, 0.25) is 0 Å². The summed E-state index contributed by atoms with van der Waals surface area (Å²) >= 11 is 0. The summed E-state index contributed by atoms with van der Waals surface area (Å²) < 4.78 is 2.16. The van der Waals surface area contributed by atoms with E-state index in [2.05, 4.69) is 44.4 Å². The number of fused-ring (bicyclic) bond motifs is 1. The molecule has 1 N–H and O–H groups in total. The number of hydrogen-bond acceptors (Lipinski definition) is 4. The third-order valence-electron chi connectivity index (χ3n) is 5.23. The second kappa shape index (κ2) is 7.36. The molecule has 0 bridgehead atoms. The van der Waals surface area contributed by atoms with Crippen LogP contribution in [0.4, 0.5) is 0 Å². The maximum Gasteiger partial charge on any atom is 0.220 e. The van der Waals surface area contributed by atoms with Crippen LogP contribution in [0.25, 0.3) is 11.3 Å². The van der Waals surface area contributed by atoms with Gasteiger partial charge in [-0.2, -0.15) is 10.2 Å². The molecule has 3 heterocycles. The van der Waals surface area contributed by atoms with E-state index >= 15 is 0 Å². The molecule has 2 aliphatic heterocycles. The van der Waals surface area contributed by atoms with Gasteiger partial charge in [-0.15, -0.1) is 12.3 Å². The number of amides is 1. The van der Waals surface area contributed by atoms with Crippen LogP contribution in [0.1, 0.15) is 37.9 Å². The number of aryl methyl sites for hydroxylation is 1. The summed E-state index contributed by atoms with van der Waals surface area (Å²) in [6.45, 7) is 0.762. The number of carbonyl (C=O) groups excluding carboxylic acids is 1. The van der Waals surface area contributed by atoms with Gasteiger partial charge in [-0.3, -0.25) is 4.79 Å². The van der Waals surface area contributed by atoms with E-state index in [0.717, 1.165) is 42.9 Å². The van der Waals surface area contributed by atoms with Gasteiger partial charge in [-0.1, -0.05) is 30.3 Å². The van der Waals surface area contributed by atoms with Crippen LogP contribution in [0.15, 0.2) is 46.8 Å². The SMILES string of the molecule is C#CCCC1(CCC(=O)NC2CCc3nc(-c4ccccc4)cn3C2)N=N1. The first kappa shape index (κ1) is 17.5. The Balaban J connectivity index is 1.30. The lowest BCUT2D eigenvalue weighted by Crippen LogP contribution is -2.41. The van der Waals surface area contributed by atoms with E-state index in [-0.39, 0.29) is 11.9 Å². The Labute approximate surface area is 159 Å². The maximum atomic E-state index is 12.3. The summed E-state index contributed by atoms with van der Waals surface area (Å²) in [6, 6.07) is 10.3. The predicted molar refractivity (Wildman–Crippen MR) is 103 cm³/mol. The minimum Gasteiger partial charge on any atom is -0.352 e. The van der Waals surface area contributed by atoms with Crippen LogP contribution in [-0.2, 0) is 17.8 Å². The first-order chi connectivity index (χ1) is 13.2. The van der Waals surface area contributed by atoms with Crippen LogP contribution < -0.4 is 5.32 Å². The predicted octanol–water partition coefficient (Wildman–Crippen LogP) is 3.34. The van der Waals surface area contributed by atoms with Crippen molar-refractivity contribution in [2.75, 3.05) is 0 Å². The summed E-state index contributed by atoms with van der Waals surface area (Å²) in [7, 11) is 0. The fourth-order valence-corrected chi connectivity index (χ4v) is 3.59. The molecule has 0 radical (unpaired) electrons. The molecule has 138 valence electrons. The summed E-state index contributed by atoms with van der Waals surface area (Å²) in [5.74, 6) is 3.76. The van der Waals surface area contributed by atoms with Crippen LogP contribution in [0, 0.1) is 12.3 Å². The van der Waals surface area contributed by atoms with Crippen molar-refractivity contribution < 1.29 is 4.79 Å². The fraction of sp³-hybridized carbons (Fsp3) is 0.429. The van der Waals surface area contributed by atoms with Gasteiger partial charge < -0.3 is 9.88 Å². The molecule has 1 amide bonds. The molecule has 6 nitrogen and oxygen atoms in total. The van der Waals surface area contributed by atoms with E-state index < -0.39 is 5.66 Å². The van der Waals surface area contributed by atoms with E-state index in [1.165, 1.54) is 0 Å². The molecule has 2 aromatic rings. The van der Waals surface area contributed by atoms with E-state index in [9.17, 15) is 4.79 Å². The smallest absolute Gasteiger partial charge is 0.220 e. The summed E-state index contributed by atoms with van der Waals surface area (Å²) in [4.78, 5) is 17.1. The fourth-order valence-electron chi connectivity index (χ4n) is 3.59. The molecule has 1 atom stereocenters. The van der Waals surface area contributed by atoms with Gasteiger partial charge in [0.15, 0.2) is 5.66 Å². The lowest BCUT2D eigenvalue weighted by molar-refractivity contribution is -0.122. The van der Waals surface area contributed by atoms with Crippen molar-refractivity contribution in [2.24, 2.45) is 10.2 Å². The molecule has 2 aliphatic rings. The van der Waals surface area contributed by atoms with Crippen molar-refractivity contribution in [3.05, 3.63) is 42.4 Å². The van der Waals surface area contributed by atoms with Gasteiger partial charge >= 0.3 is 0 Å². The van der Waals surface area contributed by atoms with Crippen LogP contribution in [0.3, 0.4) is 0 Å². The van der Waals surface area contributed by atoms with Gasteiger partial charge in [0.05, 0.1) is 5.69 Å². The molecule has 1 aromatic carbocycles. The van der Waals surface area contributed by atoms with Crippen LogP contribution in [-0.4, -0.2) is 27.2 Å². The van der Waals surface area contributed by atoms with E-state index in [4.69, 9.17) is 11.4 Å². The highest BCUT2D eigenvalue weighted by Gasteiger charge is 2.39. The second-order valence-corrected chi connectivity index (χ2v) is 7.25. The zero-order valence-electron chi connectivity index (χ0n) is 15.3. The van der Waals surface area contributed by atoms with E-state index in [0.29, 0.717) is 19.3 Å². The van der Waals surface area contributed by atoms with Gasteiger partial charge in [0, 0.05) is 56.5 Å². The third-order valence-corrected chi connectivity index (χ3v) is 5.23. The van der Waals surface area contributed by atoms with Crippen molar-refractivity contribution in [3.63, 3.8) is 0 Å². The second-order valence-electron chi connectivity index (χ2n) is 7.25. The van der Waals surface area contributed by atoms with Gasteiger partial charge in [0.2, 0.25) is 5.91 Å². The van der Waals surface area contributed by atoms with Crippen molar-refractivity contribution in [3.8, 4) is 23.6 Å². The van der Waals surface area contributed by atoms with Crippen molar-refractivity contribution in [1.29, 1.82) is 0 Å². The maximum absolute atomic E-state index is 12.3. The Hall–Kier alpha value is -2.94. The number of hydrogen-bond donors (Lipinski definition) is 1. The highest BCUT2D eigenvalue weighted by Crippen LogP contribution is 2.37. The van der Waals surface area contributed by atoms with Crippen molar-refractivity contribution >= 4 is 5.91 Å². The van der Waals surface area contributed by atoms with Crippen molar-refractivity contribution in [1.82, 2.24) is 14.9 Å². The number of benzene rings is 1. The highest BCUT2D eigenvalue weighted by atomic mass is 16.1. The minimum atomic E-state index is -0.390. The Morgan fingerprint density at radius 3 is 2.85 bits per heavy atom. The number of nitrogens with zero attached hydrogens (tertiary/aromatic N) is 4. The molecule has 0 saturated heterocycles. The highest BCUT2D eigenvalue weighted by molar-refractivity contribution is 5.76. The molecule has 1 aromatic heterocycles. The number of terminal acetylenes is 1. The Morgan fingerprint density at radius 2 is 2.11 bits per heavy atom. The minimum absolute atomic E-state index is 0.0595. The molecule has 27 heavy (non-hydrogen) atoms. The molecular weight excluding hydrogens is 338 g/mol. The number of aromatic nitrogens is 2. The molecular formula is C21H23N5O. The number of carbonyl (C=O) groups is 1. The quantitative estimate of drug-likeness (QED) is 0.768. The monoisotopic (exact) mass is 361 g/mol. The molecule has 6 heteroatoms. The first-order valence-corrected chi connectivity index (χ1v) is 9.46. The summed E-state index contributed by atoms with van der Waals surface area (Å²) in [5.41, 5.74) is 1.72. The molecule has 0 spiro atoms. The normalized spacial score (nSPS) is 19.1. The van der Waals surface area contributed by atoms with E-state index in [1.54, 1.807) is 0 Å². The van der Waals surface area contributed by atoms with Gasteiger partial charge in [0.1, 0.15) is 5.82 Å². The Bertz CT molecular complexity index is 887. The third kappa shape index (κ3) is 4.08. The topological polar surface area (TPSA) is 71.6 Å². The Morgan fingerprint density at radius 1 is 1.30 bits per heavy atom. The molecule has 0 saturated carbocycles. The zero-order chi connectivity index (χ0) is 18.7. The molecule has 1 unspecified atom stereocenters. The molecule has 0 aliphatic carbocycles. The lowest BCUT2D eigenvalue weighted by atomic mass is 10.0. The zero-order valence-corrected chi connectivity index (χ0v) is 15.3. The number of imidazole rings is 1. The average Bonchev–Trinajstić information content (AvgIpc) is 3.34. The summed E-state index contributed by atoms with van der Waals surface area (Å²) in [5, 5.41) is 11.3. The average molecular weight is 361 g/mol. The lowest BCUT2D eigenvalue weighted by Gasteiger charge is -2.24. The summed E-state index contributed by atoms with van der Waals surface area (Å²) in [6.07, 6.45) is 11.6. The van der Waals surface area contributed by atoms with Crippen LogP contribution in [0.5, 0.6) is 0 Å². The number of nitrogens with one attached hydrogen (secondary N) is 1. The largest absolute Gasteiger partial charge is 0.352 e.